The van der Waals surface area contributed by atoms with E-state index in [0.29, 0.717) is 26.1 Å². The third-order valence-electron chi connectivity index (χ3n) is 4.60. The zero-order valence-electron chi connectivity index (χ0n) is 14.2. The molecule has 0 aromatic heterocycles. The number of rotatable bonds is 6. The third kappa shape index (κ3) is 4.34. The highest BCUT2D eigenvalue weighted by molar-refractivity contribution is 5.81. The first-order valence-electron chi connectivity index (χ1n) is 8.12. The molecule has 0 radical (unpaired) electrons. The molecule has 1 aliphatic rings. The highest BCUT2D eigenvalue weighted by Crippen LogP contribution is 2.30. The molecule has 1 aromatic carbocycles. The first-order chi connectivity index (χ1) is 11.3. The van der Waals surface area contributed by atoms with E-state index in [9.17, 15) is 19.5 Å². The summed E-state index contributed by atoms with van der Waals surface area (Å²) in [7, 11) is 0. The lowest BCUT2D eigenvalue weighted by molar-refractivity contribution is -0.147. The molecule has 1 atom stereocenters. The van der Waals surface area contributed by atoms with E-state index in [1.54, 1.807) is 16.7 Å². The highest BCUT2D eigenvalue weighted by atomic mass is 16.4. The molecule has 1 aliphatic heterocycles. The van der Waals surface area contributed by atoms with Gasteiger partial charge in [0, 0.05) is 39.5 Å². The van der Waals surface area contributed by atoms with Crippen LogP contribution in [-0.4, -0.2) is 52.3 Å². The van der Waals surface area contributed by atoms with Crippen LogP contribution in [0.3, 0.4) is 0 Å². The van der Waals surface area contributed by atoms with E-state index < -0.39 is 11.4 Å². The van der Waals surface area contributed by atoms with Gasteiger partial charge in [-0.25, -0.2) is 0 Å². The Kier molecular flexibility index (Phi) is 5.59. The number of hydrogen-bond acceptors (Lipinski definition) is 3. The fourth-order valence-corrected chi connectivity index (χ4v) is 2.89. The van der Waals surface area contributed by atoms with Gasteiger partial charge in [-0.05, 0) is 18.9 Å². The van der Waals surface area contributed by atoms with E-state index in [4.69, 9.17) is 0 Å². The van der Waals surface area contributed by atoms with Crippen molar-refractivity contribution in [2.75, 3.05) is 19.6 Å². The highest BCUT2D eigenvalue weighted by Gasteiger charge is 2.41. The van der Waals surface area contributed by atoms with Crippen LogP contribution in [0.4, 0.5) is 0 Å². The van der Waals surface area contributed by atoms with Crippen molar-refractivity contribution < 1.29 is 19.5 Å². The Bertz CT molecular complexity index is 617. The normalized spacial score (nSPS) is 20.0. The molecule has 1 heterocycles. The minimum Gasteiger partial charge on any atom is -0.481 e. The molecule has 2 rings (SSSR count). The molecule has 6 heteroatoms. The summed E-state index contributed by atoms with van der Waals surface area (Å²) in [5, 5.41) is 9.24. The Labute approximate surface area is 142 Å². The van der Waals surface area contributed by atoms with Gasteiger partial charge in [-0.3, -0.25) is 14.4 Å². The van der Waals surface area contributed by atoms with Crippen LogP contribution in [0.15, 0.2) is 30.3 Å². The molecule has 1 N–H and O–H groups in total. The Hall–Kier alpha value is -2.37. The van der Waals surface area contributed by atoms with E-state index in [-0.39, 0.29) is 24.8 Å². The monoisotopic (exact) mass is 332 g/mol. The number of hydrogen-bond donors (Lipinski definition) is 1. The van der Waals surface area contributed by atoms with E-state index in [0.717, 1.165) is 5.56 Å². The number of benzene rings is 1. The quantitative estimate of drug-likeness (QED) is 0.861. The summed E-state index contributed by atoms with van der Waals surface area (Å²) in [6.07, 6.45) is 0.677. The van der Waals surface area contributed by atoms with Crippen LogP contribution < -0.4 is 0 Å². The first-order valence-corrected chi connectivity index (χ1v) is 8.12. The zero-order valence-corrected chi connectivity index (χ0v) is 14.2. The number of carboxylic acids is 1. The standard InChI is InChI=1S/C18H24N2O4/c1-14(21)19(12-15-6-4-3-5-7-15)10-8-16(22)20-11-9-18(2,13-20)17(23)24/h3-7H,8-13H2,1-2H3,(H,23,24). The summed E-state index contributed by atoms with van der Waals surface area (Å²) in [5.41, 5.74) is 0.153. The minimum absolute atomic E-state index is 0.0801. The number of likely N-dealkylation sites (tertiary alicyclic amines) is 1. The average Bonchev–Trinajstić information content (AvgIpc) is 2.96. The fraction of sp³-hybridized carbons (Fsp3) is 0.500. The minimum atomic E-state index is -0.868. The Balaban J connectivity index is 1.89. The van der Waals surface area contributed by atoms with Gasteiger partial charge in [-0.1, -0.05) is 30.3 Å². The van der Waals surface area contributed by atoms with E-state index in [1.165, 1.54) is 6.92 Å². The number of aliphatic carboxylic acids is 1. The maximum absolute atomic E-state index is 12.3. The maximum Gasteiger partial charge on any atom is 0.311 e. The molecule has 1 fully saturated rings. The van der Waals surface area contributed by atoms with Crippen molar-refractivity contribution in [3.63, 3.8) is 0 Å². The van der Waals surface area contributed by atoms with E-state index >= 15 is 0 Å². The van der Waals surface area contributed by atoms with Crippen LogP contribution in [0.1, 0.15) is 32.3 Å². The first kappa shape index (κ1) is 18.0. The maximum atomic E-state index is 12.3. The summed E-state index contributed by atoms with van der Waals surface area (Å²) in [6, 6.07) is 9.62. The van der Waals surface area contributed by atoms with E-state index in [1.807, 2.05) is 30.3 Å². The molecule has 24 heavy (non-hydrogen) atoms. The third-order valence-corrected chi connectivity index (χ3v) is 4.60. The predicted octanol–water partition coefficient (Wildman–Crippen LogP) is 1.75. The van der Waals surface area contributed by atoms with Gasteiger partial charge >= 0.3 is 5.97 Å². The largest absolute Gasteiger partial charge is 0.481 e. The smallest absolute Gasteiger partial charge is 0.311 e. The van der Waals surface area contributed by atoms with Crippen LogP contribution in [0.2, 0.25) is 0 Å². The number of carboxylic acid groups (broad SMARTS) is 1. The van der Waals surface area contributed by atoms with Crippen LogP contribution in [0, 0.1) is 5.41 Å². The molecule has 0 bridgehead atoms. The fourth-order valence-electron chi connectivity index (χ4n) is 2.89. The topological polar surface area (TPSA) is 77.9 Å². The van der Waals surface area contributed by atoms with Crippen LogP contribution in [0.5, 0.6) is 0 Å². The molecule has 130 valence electrons. The van der Waals surface area contributed by atoms with Gasteiger partial charge in [-0.15, -0.1) is 0 Å². The molecule has 1 unspecified atom stereocenters. The summed E-state index contributed by atoms with van der Waals surface area (Å²) in [5.74, 6) is -1.05. The average molecular weight is 332 g/mol. The van der Waals surface area contributed by atoms with Gasteiger partial charge in [-0.2, -0.15) is 0 Å². The lowest BCUT2D eigenvalue weighted by Gasteiger charge is -2.24. The lowest BCUT2D eigenvalue weighted by atomic mass is 9.90. The van der Waals surface area contributed by atoms with Crippen LogP contribution >= 0.6 is 0 Å². The Morgan fingerprint density at radius 2 is 1.92 bits per heavy atom. The van der Waals surface area contributed by atoms with Gasteiger partial charge in [0.25, 0.3) is 0 Å². The van der Waals surface area contributed by atoms with Crippen LogP contribution in [-0.2, 0) is 20.9 Å². The molecular weight excluding hydrogens is 308 g/mol. The van der Waals surface area contributed by atoms with Crippen molar-refractivity contribution >= 4 is 17.8 Å². The number of nitrogens with zero attached hydrogens (tertiary/aromatic N) is 2. The van der Waals surface area contributed by atoms with Gasteiger partial charge in [0.05, 0.1) is 5.41 Å². The molecule has 0 saturated carbocycles. The van der Waals surface area contributed by atoms with Gasteiger partial charge in [0.15, 0.2) is 0 Å². The summed E-state index contributed by atoms with van der Waals surface area (Å²) in [6.45, 7) is 4.66. The van der Waals surface area contributed by atoms with Gasteiger partial charge in [0.1, 0.15) is 0 Å². The molecule has 0 spiro atoms. The summed E-state index contributed by atoms with van der Waals surface area (Å²) < 4.78 is 0. The second-order valence-electron chi connectivity index (χ2n) is 6.61. The molecule has 6 nitrogen and oxygen atoms in total. The lowest BCUT2D eigenvalue weighted by Crippen LogP contribution is -2.37. The molecule has 0 aliphatic carbocycles. The zero-order chi connectivity index (χ0) is 17.7. The second-order valence-corrected chi connectivity index (χ2v) is 6.61. The van der Waals surface area contributed by atoms with Crippen molar-refractivity contribution in [3.05, 3.63) is 35.9 Å². The van der Waals surface area contributed by atoms with Crippen LogP contribution in [0.25, 0.3) is 0 Å². The van der Waals surface area contributed by atoms with Crippen molar-refractivity contribution in [1.82, 2.24) is 9.80 Å². The van der Waals surface area contributed by atoms with Crippen molar-refractivity contribution in [2.45, 2.75) is 33.2 Å². The second kappa shape index (κ2) is 7.47. The predicted molar refractivity (Wildman–Crippen MR) is 89.1 cm³/mol. The van der Waals surface area contributed by atoms with Crippen molar-refractivity contribution in [1.29, 1.82) is 0 Å². The molecule has 1 saturated heterocycles. The summed E-state index contributed by atoms with van der Waals surface area (Å²) in [4.78, 5) is 38.6. The van der Waals surface area contributed by atoms with Crippen molar-refractivity contribution in [2.24, 2.45) is 5.41 Å². The van der Waals surface area contributed by atoms with Gasteiger partial charge in [0.2, 0.25) is 11.8 Å². The van der Waals surface area contributed by atoms with E-state index in [2.05, 4.69) is 0 Å². The number of carbonyl (C=O) groups is 3. The molecule has 1 aromatic rings. The molecule has 2 amide bonds. The number of carbonyl (C=O) groups excluding carboxylic acids is 2. The van der Waals surface area contributed by atoms with Gasteiger partial charge < -0.3 is 14.9 Å². The van der Waals surface area contributed by atoms with Crippen molar-refractivity contribution in [3.8, 4) is 0 Å². The Morgan fingerprint density at radius 3 is 2.46 bits per heavy atom. The summed E-state index contributed by atoms with van der Waals surface area (Å²) >= 11 is 0. The number of amides is 2. The molecular formula is C18H24N2O4. The SMILES string of the molecule is CC(=O)N(CCC(=O)N1CCC(C)(C(=O)O)C1)Cc1ccccc1. The Morgan fingerprint density at radius 1 is 1.25 bits per heavy atom.